The maximum absolute atomic E-state index is 12.4. The minimum absolute atomic E-state index is 0.208. The number of hydrogen-bond acceptors (Lipinski definition) is 5. The number of anilines is 1. The van der Waals surface area contributed by atoms with E-state index in [0.717, 1.165) is 5.69 Å². The number of carbonyl (C=O) groups excluding carboxylic acids is 2. The predicted molar refractivity (Wildman–Crippen MR) is 79.1 cm³/mol. The molecule has 112 valence electrons. The van der Waals surface area contributed by atoms with E-state index in [1.807, 2.05) is 30.3 Å². The number of ether oxygens (including phenoxy) is 1. The molecule has 6 nitrogen and oxygen atoms in total. The normalized spacial score (nSPS) is 14.9. The van der Waals surface area contributed by atoms with E-state index in [1.165, 1.54) is 5.01 Å². The van der Waals surface area contributed by atoms with Crippen molar-refractivity contribution in [3.05, 3.63) is 41.6 Å². The van der Waals surface area contributed by atoms with E-state index in [1.54, 1.807) is 26.0 Å². The number of benzene rings is 1. The van der Waals surface area contributed by atoms with Crippen molar-refractivity contribution in [3.8, 4) is 0 Å². The summed E-state index contributed by atoms with van der Waals surface area (Å²) in [5, 5.41) is 6.16. The van der Waals surface area contributed by atoms with Crippen molar-refractivity contribution in [1.82, 2.24) is 10.0 Å². The molecule has 0 saturated heterocycles. The Labute approximate surface area is 123 Å². The maximum Gasteiger partial charge on any atom is 0.338 e. The second kappa shape index (κ2) is 6.41. The highest BCUT2D eigenvalue weighted by Crippen LogP contribution is 2.23. The van der Waals surface area contributed by atoms with E-state index in [0.29, 0.717) is 5.57 Å². The molecule has 1 aromatic carbocycles. The van der Waals surface area contributed by atoms with E-state index in [2.05, 4.69) is 5.32 Å². The number of amides is 1. The molecule has 21 heavy (non-hydrogen) atoms. The molecule has 2 rings (SSSR count). The summed E-state index contributed by atoms with van der Waals surface area (Å²) in [5.41, 5.74) is 1.37. The molecule has 0 radical (unpaired) electrons. The number of esters is 1. The summed E-state index contributed by atoms with van der Waals surface area (Å²) >= 11 is 0. The molecule has 0 spiro atoms. The molecule has 0 unspecified atom stereocenters. The molecule has 0 aromatic heterocycles. The Morgan fingerprint density at radius 3 is 2.57 bits per heavy atom. The van der Waals surface area contributed by atoms with Gasteiger partial charge in [0.25, 0.3) is 5.91 Å². The molecule has 1 N–H and O–H groups in total. The monoisotopic (exact) mass is 289 g/mol. The van der Waals surface area contributed by atoms with Gasteiger partial charge in [-0.3, -0.25) is 9.80 Å². The standard InChI is InChI=1S/C15H19N3O3/c1-4-21-15(20)12-10-18(17(2)3)14(19)13(12)16-11-8-6-5-7-9-11/h5-9,16H,4,10H2,1-3H3. The average molecular weight is 289 g/mol. The first-order valence-electron chi connectivity index (χ1n) is 6.76. The van der Waals surface area contributed by atoms with Crippen LogP contribution in [0, 0.1) is 0 Å². The first kappa shape index (κ1) is 15.1. The molecule has 1 amide bonds. The lowest BCUT2D eigenvalue weighted by Crippen LogP contribution is -2.40. The number of para-hydroxylation sites is 1. The van der Waals surface area contributed by atoms with E-state index in [4.69, 9.17) is 4.74 Å². The van der Waals surface area contributed by atoms with Crippen molar-refractivity contribution in [2.24, 2.45) is 0 Å². The fourth-order valence-electron chi connectivity index (χ4n) is 2.06. The van der Waals surface area contributed by atoms with Crippen LogP contribution >= 0.6 is 0 Å². The number of hydrazine groups is 1. The third kappa shape index (κ3) is 3.22. The van der Waals surface area contributed by atoms with Crippen molar-refractivity contribution >= 4 is 17.6 Å². The Kier molecular flexibility index (Phi) is 4.59. The summed E-state index contributed by atoms with van der Waals surface area (Å²) in [7, 11) is 3.51. The molecule has 6 heteroatoms. The SMILES string of the molecule is CCOC(=O)C1=C(Nc2ccccc2)C(=O)N(N(C)C)C1. The Bertz CT molecular complexity index is 567. The second-order valence-corrected chi connectivity index (χ2v) is 4.78. The van der Waals surface area contributed by atoms with Gasteiger partial charge in [-0.25, -0.2) is 9.80 Å². The summed E-state index contributed by atoms with van der Waals surface area (Å²) in [6, 6.07) is 9.27. The Morgan fingerprint density at radius 1 is 1.33 bits per heavy atom. The highest BCUT2D eigenvalue weighted by molar-refractivity contribution is 6.08. The van der Waals surface area contributed by atoms with Gasteiger partial charge in [0.05, 0.1) is 18.7 Å². The van der Waals surface area contributed by atoms with Crippen LogP contribution in [0.25, 0.3) is 0 Å². The van der Waals surface area contributed by atoms with Gasteiger partial charge in [0, 0.05) is 19.8 Å². The Morgan fingerprint density at radius 2 is 2.00 bits per heavy atom. The molecule has 0 bridgehead atoms. The molecule has 0 atom stereocenters. The molecule has 1 aliphatic heterocycles. The summed E-state index contributed by atoms with van der Waals surface area (Å²) in [4.78, 5) is 24.5. The van der Waals surface area contributed by atoms with Crippen LogP contribution in [0.1, 0.15) is 6.92 Å². The second-order valence-electron chi connectivity index (χ2n) is 4.78. The third-order valence-electron chi connectivity index (χ3n) is 3.11. The first-order chi connectivity index (χ1) is 10.0. The molecule has 1 heterocycles. The fraction of sp³-hybridized carbons (Fsp3) is 0.333. The van der Waals surface area contributed by atoms with Crippen molar-refractivity contribution in [1.29, 1.82) is 0 Å². The molecule has 0 saturated carbocycles. The van der Waals surface area contributed by atoms with Gasteiger partial charge in [-0.1, -0.05) is 18.2 Å². The van der Waals surface area contributed by atoms with Crippen molar-refractivity contribution < 1.29 is 14.3 Å². The number of nitrogens with one attached hydrogen (secondary N) is 1. The fourth-order valence-corrected chi connectivity index (χ4v) is 2.06. The number of rotatable bonds is 5. The smallest absolute Gasteiger partial charge is 0.338 e. The van der Waals surface area contributed by atoms with Crippen LogP contribution in [0.4, 0.5) is 5.69 Å². The number of carbonyl (C=O) groups is 2. The van der Waals surface area contributed by atoms with Crippen LogP contribution in [0.3, 0.4) is 0 Å². The van der Waals surface area contributed by atoms with Crippen LogP contribution < -0.4 is 5.32 Å². The van der Waals surface area contributed by atoms with E-state index in [9.17, 15) is 9.59 Å². The highest BCUT2D eigenvalue weighted by atomic mass is 16.5. The van der Waals surface area contributed by atoms with Gasteiger partial charge in [0.15, 0.2) is 0 Å². The summed E-state index contributed by atoms with van der Waals surface area (Å²) < 4.78 is 5.04. The molecule has 0 aliphatic carbocycles. The molecule has 1 aliphatic rings. The van der Waals surface area contributed by atoms with Gasteiger partial charge in [-0.2, -0.15) is 0 Å². The van der Waals surface area contributed by atoms with Crippen LogP contribution in [-0.2, 0) is 14.3 Å². The van der Waals surface area contributed by atoms with Crippen molar-refractivity contribution in [2.75, 3.05) is 32.6 Å². The maximum atomic E-state index is 12.4. The summed E-state index contributed by atoms with van der Waals surface area (Å²) in [6.45, 7) is 2.22. The van der Waals surface area contributed by atoms with Gasteiger partial charge >= 0.3 is 5.97 Å². The zero-order valence-corrected chi connectivity index (χ0v) is 12.4. The Hall–Kier alpha value is -2.34. The molecular weight excluding hydrogens is 270 g/mol. The Balaban J connectivity index is 2.31. The lowest BCUT2D eigenvalue weighted by atomic mass is 10.2. The molecular formula is C15H19N3O3. The lowest BCUT2D eigenvalue weighted by molar-refractivity contribution is -0.139. The van der Waals surface area contributed by atoms with E-state index >= 15 is 0 Å². The van der Waals surface area contributed by atoms with Gasteiger partial charge in [-0.05, 0) is 19.1 Å². The van der Waals surface area contributed by atoms with Gasteiger partial charge in [0.2, 0.25) is 0 Å². The zero-order valence-electron chi connectivity index (χ0n) is 12.4. The molecule has 0 fully saturated rings. The van der Waals surface area contributed by atoms with Crippen LogP contribution in [0.2, 0.25) is 0 Å². The topological polar surface area (TPSA) is 61.9 Å². The van der Waals surface area contributed by atoms with Gasteiger partial charge in [0.1, 0.15) is 5.70 Å². The number of hydrogen-bond donors (Lipinski definition) is 1. The third-order valence-corrected chi connectivity index (χ3v) is 3.11. The van der Waals surface area contributed by atoms with Crippen LogP contribution in [0.5, 0.6) is 0 Å². The quantitative estimate of drug-likeness (QED) is 0.826. The minimum atomic E-state index is -0.464. The van der Waals surface area contributed by atoms with Gasteiger partial charge < -0.3 is 10.1 Å². The minimum Gasteiger partial charge on any atom is -0.463 e. The zero-order chi connectivity index (χ0) is 15.4. The largest absolute Gasteiger partial charge is 0.463 e. The van der Waals surface area contributed by atoms with Gasteiger partial charge in [-0.15, -0.1) is 0 Å². The summed E-state index contributed by atoms with van der Waals surface area (Å²) in [6.07, 6.45) is 0. The van der Waals surface area contributed by atoms with Crippen LogP contribution in [0.15, 0.2) is 41.6 Å². The van der Waals surface area contributed by atoms with Crippen molar-refractivity contribution in [3.63, 3.8) is 0 Å². The van der Waals surface area contributed by atoms with E-state index < -0.39 is 5.97 Å². The number of nitrogens with zero attached hydrogens (tertiary/aromatic N) is 2. The highest BCUT2D eigenvalue weighted by Gasteiger charge is 2.36. The van der Waals surface area contributed by atoms with E-state index in [-0.39, 0.29) is 24.8 Å². The first-order valence-corrected chi connectivity index (χ1v) is 6.76. The van der Waals surface area contributed by atoms with Crippen molar-refractivity contribution in [2.45, 2.75) is 6.92 Å². The predicted octanol–water partition coefficient (Wildman–Crippen LogP) is 1.23. The summed E-state index contributed by atoms with van der Waals surface area (Å²) in [5.74, 6) is -0.708. The average Bonchev–Trinajstić information content (AvgIpc) is 2.78. The van der Waals surface area contributed by atoms with Crippen LogP contribution in [-0.4, -0.2) is 49.1 Å². The molecule has 1 aromatic rings. The lowest BCUT2D eigenvalue weighted by Gasteiger charge is -2.24.